The molecule has 0 saturated carbocycles. The first-order valence-corrected chi connectivity index (χ1v) is 7.61. The average Bonchev–Trinajstić information content (AvgIpc) is 2.48. The number of hydrogen-bond donors (Lipinski definition) is 1. The molecule has 0 aromatic carbocycles. The maximum atomic E-state index is 13.9. The van der Waals surface area contributed by atoms with E-state index in [0.29, 0.717) is 16.9 Å². The number of anilines is 2. The molecule has 5 nitrogen and oxygen atoms in total. The van der Waals surface area contributed by atoms with Crippen LogP contribution in [0.3, 0.4) is 0 Å². The number of hydrogen-bond acceptors (Lipinski definition) is 5. The van der Waals surface area contributed by atoms with Gasteiger partial charge in [-0.05, 0) is 25.8 Å². The van der Waals surface area contributed by atoms with Crippen LogP contribution in [-0.4, -0.2) is 34.1 Å². The Kier molecular flexibility index (Phi) is 4.38. The second-order valence-corrected chi connectivity index (χ2v) is 5.85. The maximum Gasteiger partial charge on any atom is 0.167 e. The van der Waals surface area contributed by atoms with Crippen LogP contribution in [-0.2, 0) is 0 Å². The fourth-order valence-electron chi connectivity index (χ4n) is 2.62. The van der Waals surface area contributed by atoms with Crippen LogP contribution in [0.4, 0.5) is 16.0 Å². The van der Waals surface area contributed by atoms with Crippen molar-refractivity contribution in [3.63, 3.8) is 0 Å². The number of aromatic nitrogens is 3. The third-order valence-electron chi connectivity index (χ3n) is 3.74. The van der Waals surface area contributed by atoms with Crippen molar-refractivity contribution in [2.75, 3.05) is 23.3 Å². The zero-order chi connectivity index (χ0) is 15.5. The summed E-state index contributed by atoms with van der Waals surface area (Å²) in [6.45, 7) is 3.42. The van der Waals surface area contributed by atoms with Gasteiger partial charge in [0.15, 0.2) is 11.6 Å². The van der Waals surface area contributed by atoms with Gasteiger partial charge in [0.25, 0.3) is 0 Å². The summed E-state index contributed by atoms with van der Waals surface area (Å²) in [5.41, 5.74) is 0.933. The van der Waals surface area contributed by atoms with E-state index in [0.717, 1.165) is 37.4 Å². The van der Waals surface area contributed by atoms with Crippen molar-refractivity contribution in [1.29, 1.82) is 0 Å². The highest BCUT2D eigenvalue weighted by Gasteiger charge is 2.22. The Morgan fingerprint density at radius 1 is 1.23 bits per heavy atom. The minimum atomic E-state index is -0.370. The van der Waals surface area contributed by atoms with E-state index in [4.69, 9.17) is 11.6 Å². The van der Waals surface area contributed by atoms with Crippen molar-refractivity contribution in [3.8, 4) is 0 Å². The number of nitrogens with zero attached hydrogens (tertiary/aromatic N) is 4. The molecule has 22 heavy (non-hydrogen) atoms. The highest BCUT2D eigenvalue weighted by atomic mass is 35.5. The molecule has 1 aliphatic heterocycles. The molecule has 116 valence electrons. The van der Waals surface area contributed by atoms with Gasteiger partial charge in [0, 0.05) is 37.1 Å². The summed E-state index contributed by atoms with van der Waals surface area (Å²) in [5, 5.41) is 3.72. The largest absolute Gasteiger partial charge is 0.367 e. The lowest BCUT2D eigenvalue weighted by Crippen LogP contribution is -2.40. The molecule has 0 atom stereocenters. The van der Waals surface area contributed by atoms with Crippen LogP contribution in [0.1, 0.15) is 18.5 Å². The summed E-state index contributed by atoms with van der Waals surface area (Å²) in [5.74, 6) is 0.841. The van der Waals surface area contributed by atoms with Crippen molar-refractivity contribution < 1.29 is 4.39 Å². The second-order valence-electron chi connectivity index (χ2n) is 5.41. The molecule has 0 unspecified atom stereocenters. The topological polar surface area (TPSA) is 53.9 Å². The minimum Gasteiger partial charge on any atom is -0.367 e. The number of aryl methyl sites for hydroxylation is 1. The van der Waals surface area contributed by atoms with E-state index < -0.39 is 0 Å². The first kappa shape index (κ1) is 15.0. The van der Waals surface area contributed by atoms with Gasteiger partial charge in [0.05, 0.1) is 5.02 Å². The summed E-state index contributed by atoms with van der Waals surface area (Å²) in [6.07, 6.45) is 4.83. The number of piperidine rings is 1. The van der Waals surface area contributed by atoms with Gasteiger partial charge in [0.2, 0.25) is 0 Å². The molecule has 7 heteroatoms. The van der Waals surface area contributed by atoms with E-state index in [9.17, 15) is 4.39 Å². The third-order valence-corrected chi connectivity index (χ3v) is 3.95. The molecule has 2 aromatic heterocycles. The van der Waals surface area contributed by atoms with E-state index in [-0.39, 0.29) is 5.82 Å². The Morgan fingerprint density at radius 3 is 2.68 bits per heavy atom. The van der Waals surface area contributed by atoms with Crippen LogP contribution in [0.2, 0.25) is 5.02 Å². The average molecular weight is 322 g/mol. The van der Waals surface area contributed by atoms with Crippen LogP contribution < -0.4 is 10.2 Å². The number of halogens is 2. The Bertz CT molecular complexity index is 658. The SMILES string of the molecule is Cc1cc(NC2CCN(c3ncc(Cl)cc3F)CC2)ncn1. The fourth-order valence-corrected chi connectivity index (χ4v) is 2.76. The molecule has 0 radical (unpaired) electrons. The fraction of sp³-hybridized carbons (Fsp3) is 0.400. The zero-order valence-corrected chi connectivity index (χ0v) is 13.0. The van der Waals surface area contributed by atoms with Crippen molar-refractivity contribution in [2.45, 2.75) is 25.8 Å². The van der Waals surface area contributed by atoms with Crippen LogP contribution in [0.25, 0.3) is 0 Å². The van der Waals surface area contributed by atoms with E-state index in [1.54, 1.807) is 6.33 Å². The zero-order valence-electron chi connectivity index (χ0n) is 12.3. The van der Waals surface area contributed by atoms with Crippen molar-refractivity contribution in [1.82, 2.24) is 15.0 Å². The van der Waals surface area contributed by atoms with Crippen LogP contribution in [0.15, 0.2) is 24.7 Å². The van der Waals surface area contributed by atoms with Crippen molar-refractivity contribution in [2.24, 2.45) is 0 Å². The monoisotopic (exact) mass is 321 g/mol. The highest BCUT2D eigenvalue weighted by molar-refractivity contribution is 6.30. The first-order valence-electron chi connectivity index (χ1n) is 7.23. The van der Waals surface area contributed by atoms with Gasteiger partial charge in [-0.25, -0.2) is 19.3 Å². The molecule has 1 fully saturated rings. The lowest BCUT2D eigenvalue weighted by Gasteiger charge is -2.33. The number of rotatable bonds is 3. The number of pyridine rings is 1. The molecule has 0 bridgehead atoms. The maximum absolute atomic E-state index is 13.9. The number of nitrogens with one attached hydrogen (secondary N) is 1. The first-order chi connectivity index (χ1) is 10.6. The van der Waals surface area contributed by atoms with Gasteiger partial charge in [-0.2, -0.15) is 0 Å². The van der Waals surface area contributed by atoms with Gasteiger partial charge in [-0.3, -0.25) is 0 Å². The van der Waals surface area contributed by atoms with Crippen LogP contribution >= 0.6 is 11.6 Å². The Labute approximate surface area is 133 Å². The summed E-state index contributed by atoms with van der Waals surface area (Å²) in [4.78, 5) is 14.3. The molecular formula is C15H17ClFN5. The van der Waals surface area contributed by atoms with Crippen molar-refractivity contribution >= 4 is 23.2 Å². The standard InChI is InChI=1S/C15H17ClFN5/c1-10-6-14(20-9-19-10)21-12-2-4-22(5-3-12)15-13(17)7-11(16)8-18-15/h6-9,12H,2-5H2,1H3,(H,19,20,21). The second kappa shape index (κ2) is 6.44. The van der Waals surface area contributed by atoms with E-state index in [2.05, 4.69) is 20.3 Å². The molecule has 1 saturated heterocycles. The molecule has 2 aromatic rings. The molecule has 1 N–H and O–H groups in total. The predicted molar refractivity (Wildman–Crippen MR) is 84.8 cm³/mol. The van der Waals surface area contributed by atoms with Gasteiger partial charge in [-0.1, -0.05) is 11.6 Å². The Hall–Kier alpha value is -1.95. The molecule has 3 heterocycles. The van der Waals surface area contributed by atoms with Gasteiger partial charge < -0.3 is 10.2 Å². The van der Waals surface area contributed by atoms with E-state index in [1.807, 2.05) is 17.9 Å². The highest BCUT2D eigenvalue weighted by Crippen LogP contribution is 2.24. The summed E-state index contributed by atoms with van der Waals surface area (Å²) >= 11 is 5.74. The van der Waals surface area contributed by atoms with Gasteiger partial charge >= 0.3 is 0 Å². The van der Waals surface area contributed by atoms with Crippen molar-refractivity contribution in [3.05, 3.63) is 41.2 Å². The lowest BCUT2D eigenvalue weighted by atomic mass is 10.0. The molecule has 0 amide bonds. The minimum absolute atomic E-state index is 0.317. The lowest BCUT2D eigenvalue weighted by molar-refractivity contribution is 0.510. The molecule has 0 spiro atoms. The third kappa shape index (κ3) is 3.44. The molecule has 1 aliphatic rings. The van der Waals surface area contributed by atoms with E-state index in [1.165, 1.54) is 12.3 Å². The Morgan fingerprint density at radius 2 is 2.00 bits per heavy atom. The normalized spacial score (nSPS) is 15.9. The summed E-state index contributed by atoms with van der Waals surface area (Å²) in [6, 6.07) is 3.55. The quantitative estimate of drug-likeness (QED) is 0.941. The van der Waals surface area contributed by atoms with Gasteiger partial charge in [-0.15, -0.1) is 0 Å². The molecule has 0 aliphatic carbocycles. The van der Waals surface area contributed by atoms with E-state index >= 15 is 0 Å². The molecule has 3 rings (SSSR count). The van der Waals surface area contributed by atoms with Crippen LogP contribution in [0.5, 0.6) is 0 Å². The van der Waals surface area contributed by atoms with Gasteiger partial charge in [0.1, 0.15) is 12.1 Å². The summed E-state index contributed by atoms with van der Waals surface area (Å²) in [7, 11) is 0. The smallest absolute Gasteiger partial charge is 0.167 e. The molecular weight excluding hydrogens is 305 g/mol. The predicted octanol–water partition coefficient (Wildman–Crippen LogP) is 3.05. The Balaban J connectivity index is 1.60. The summed E-state index contributed by atoms with van der Waals surface area (Å²) < 4.78 is 13.9. The van der Waals surface area contributed by atoms with Crippen LogP contribution in [0, 0.1) is 12.7 Å².